The normalized spacial score (nSPS) is 13.6. The monoisotopic (exact) mass is 375 g/mol. The quantitative estimate of drug-likeness (QED) is 0.567. The number of imidazole rings is 1. The second kappa shape index (κ2) is 6.55. The van der Waals surface area contributed by atoms with Gasteiger partial charge in [-0.1, -0.05) is 12.1 Å². The second-order valence-electron chi connectivity index (χ2n) is 6.39. The molecule has 1 aliphatic heterocycles. The van der Waals surface area contributed by atoms with Crippen LogP contribution in [0, 0.1) is 6.92 Å². The summed E-state index contributed by atoms with van der Waals surface area (Å²) in [5, 5.41) is 19.7. The first kappa shape index (κ1) is 16.1. The van der Waals surface area contributed by atoms with Gasteiger partial charge in [0.05, 0.1) is 11.2 Å². The summed E-state index contributed by atoms with van der Waals surface area (Å²) >= 11 is 1.74. The lowest BCUT2D eigenvalue weighted by Crippen LogP contribution is -2.12. The zero-order chi connectivity index (χ0) is 18.2. The molecule has 5 rings (SSSR count). The first-order valence-electron chi connectivity index (χ1n) is 8.76. The number of anilines is 1. The van der Waals surface area contributed by atoms with Crippen molar-refractivity contribution in [3.05, 3.63) is 53.4 Å². The molecule has 0 radical (unpaired) electrons. The first-order chi connectivity index (χ1) is 13.3. The van der Waals surface area contributed by atoms with Crippen LogP contribution in [0.15, 0.2) is 57.5 Å². The number of pyridine rings is 1. The molecule has 0 fully saturated rings. The minimum absolute atomic E-state index is 0.530. The number of thiophene rings is 1. The SMILES string of the molecule is Cc1nccn1CCNc1nc2cc(C3=NN=NC3)ccc2c2sccc12. The van der Waals surface area contributed by atoms with E-state index < -0.39 is 0 Å². The second-order valence-corrected chi connectivity index (χ2v) is 7.30. The third kappa shape index (κ3) is 2.87. The van der Waals surface area contributed by atoms with Crippen molar-refractivity contribution in [3.8, 4) is 0 Å². The van der Waals surface area contributed by atoms with Gasteiger partial charge in [-0.3, -0.25) is 0 Å². The Morgan fingerprint density at radius 2 is 2.19 bits per heavy atom. The fourth-order valence-corrected chi connectivity index (χ4v) is 4.25. The molecule has 0 unspecified atom stereocenters. The maximum atomic E-state index is 4.90. The zero-order valence-electron chi connectivity index (χ0n) is 14.8. The Bertz CT molecular complexity index is 1200. The van der Waals surface area contributed by atoms with Crippen LogP contribution in [-0.4, -0.2) is 33.3 Å². The highest BCUT2D eigenvalue weighted by atomic mass is 32.1. The summed E-state index contributed by atoms with van der Waals surface area (Å²) in [6.07, 6.45) is 3.82. The minimum Gasteiger partial charge on any atom is -0.368 e. The molecular weight excluding hydrogens is 358 g/mol. The number of hydrogen-bond acceptors (Lipinski definition) is 7. The van der Waals surface area contributed by atoms with Gasteiger partial charge in [0.15, 0.2) is 0 Å². The van der Waals surface area contributed by atoms with Crippen LogP contribution < -0.4 is 5.32 Å². The average Bonchev–Trinajstić information content (AvgIpc) is 3.43. The summed E-state index contributed by atoms with van der Waals surface area (Å²) in [7, 11) is 0. The highest BCUT2D eigenvalue weighted by molar-refractivity contribution is 7.18. The maximum absolute atomic E-state index is 4.90. The van der Waals surface area contributed by atoms with Gasteiger partial charge in [-0.05, 0) is 29.7 Å². The summed E-state index contributed by atoms with van der Waals surface area (Å²) in [6, 6.07) is 8.40. The molecule has 4 heterocycles. The molecule has 0 saturated carbocycles. The minimum atomic E-state index is 0.530. The molecule has 0 bridgehead atoms. The highest BCUT2D eigenvalue weighted by Gasteiger charge is 2.13. The van der Waals surface area contributed by atoms with Crippen LogP contribution in [0.3, 0.4) is 0 Å². The smallest absolute Gasteiger partial charge is 0.135 e. The molecule has 8 heteroatoms. The summed E-state index contributed by atoms with van der Waals surface area (Å²) in [6.45, 7) is 4.17. The molecule has 0 saturated heterocycles. The Hall–Kier alpha value is -3.13. The van der Waals surface area contributed by atoms with Gasteiger partial charge < -0.3 is 9.88 Å². The topological polar surface area (TPSA) is 79.8 Å². The van der Waals surface area contributed by atoms with Crippen molar-refractivity contribution < 1.29 is 0 Å². The molecule has 4 aromatic rings. The summed E-state index contributed by atoms with van der Waals surface area (Å²) < 4.78 is 3.37. The average molecular weight is 375 g/mol. The van der Waals surface area contributed by atoms with Crippen LogP contribution in [-0.2, 0) is 6.54 Å². The molecule has 7 nitrogen and oxygen atoms in total. The van der Waals surface area contributed by atoms with Crippen molar-refractivity contribution in [1.29, 1.82) is 0 Å². The van der Waals surface area contributed by atoms with Crippen LogP contribution in [0.5, 0.6) is 0 Å². The maximum Gasteiger partial charge on any atom is 0.135 e. The number of rotatable bonds is 5. The molecule has 0 spiro atoms. The lowest BCUT2D eigenvalue weighted by molar-refractivity contribution is 0.700. The number of nitrogens with one attached hydrogen (secondary N) is 1. The molecule has 0 atom stereocenters. The third-order valence-corrected chi connectivity index (χ3v) is 5.69. The molecule has 1 N–H and O–H groups in total. The van der Waals surface area contributed by atoms with Gasteiger partial charge in [0.2, 0.25) is 0 Å². The van der Waals surface area contributed by atoms with Gasteiger partial charge in [-0.25, -0.2) is 9.97 Å². The Balaban J connectivity index is 1.50. The van der Waals surface area contributed by atoms with Gasteiger partial charge in [-0.15, -0.1) is 16.4 Å². The van der Waals surface area contributed by atoms with E-state index in [2.05, 4.69) is 60.0 Å². The number of aryl methyl sites for hydroxylation is 1. The van der Waals surface area contributed by atoms with Crippen LogP contribution in [0.1, 0.15) is 11.4 Å². The third-order valence-electron chi connectivity index (χ3n) is 4.75. The number of hydrogen-bond donors (Lipinski definition) is 1. The first-order valence-corrected chi connectivity index (χ1v) is 9.64. The Kier molecular flexibility index (Phi) is 3.90. The van der Waals surface area contributed by atoms with Crippen LogP contribution in [0.2, 0.25) is 0 Å². The molecule has 3 aromatic heterocycles. The van der Waals surface area contributed by atoms with E-state index >= 15 is 0 Å². The summed E-state index contributed by atoms with van der Waals surface area (Å²) in [5.74, 6) is 1.93. The van der Waals surface area contributed by atoms with Crippen molar-refractivity contribution in [3.63, 3.8) is 0 Å². The highest BCUT2D eigenvalue weighted by Crippen LogP contribution is 2.34. The van der Waals surface area contributed by atoms with Gasteiger partial charge in [-0.2, -0.15) is 5.11 Å². The lowest BCUT2D eigenvalue weighted by atomic mass is 10.1. The molecule has 0 aliphatic carbocycles. The number of fused-ring (bicyclic) bond motifs is 3. The fraction of sp³-hybridized carbons (Fsp3) is 0.211. The van der Waals surface area contributed by atoms with E-state index in [1.807, 2.05) is 19.3 Å². The standard InChI is InChI=1S/C19H17N7S/c1-12-20-5-7-26(12)8-6-21-19-15-4-9-27-18(15)14-3-2-13(10-16(14)23-19)17-11-22-25-24-17/h2-5,7,9-10H,6,8,11H2,1H3,(H,21,23). The van der Waals surface area contributed by atoms with Gasteiger partial charge in [0.25, 0.3) is 0 Å². The number of aromatic nitrogens is 3. The van der Waals surface area contributed by atoms with Crippen molar-refractivity contribution in [2.45, 2.75) is 13.5 Å². The Labute approximate surface area is 159 Å². The van der Waals surface area contributed by atoms with E-state index in [1.54, 1.807) is 11.3 Å². The van der Waals surface area contributed by atoms with E-state index in [-0.39, 0.29) is 0 Å². The summed E-state index contributed by atoms with van der Waals surface area (Å²) in [4.78, 5) is 9.17. The van der Waals surface area contributed by atoms with E-state index in [1.165, 1.54) is 4.70 Å². The van der Waals surface area contributed by atoms with E-state index in [4.69, 9.17) is 4.98 Å². The fourth-order valence-electron chi connectivity index (χ4n) is 3.32. The van der Waals surface area contributed by atoms with E-state index in [0.29, 0.717) is 6.54 Å². The Morgan fingerprint density at radius 3 is 3.00 bits per heavy atom. The molecule has 0 amide bonds. The number of nitrogens with zero attached hydrogens (tertiary/aromatic N) is 6. The molecule has 27 heavy (non-hydrogen) atoms. The van der Waals surface area contributed by atoms with Crippen LogP contribution in [0.4, 0.5) is 5.82 Å². The molecular formula is C19H17N7S. The van der Waals surface area contributed by atoms with Crippen molar-refractivity contribution in [2.24, 2.45) is 15.4 Å². The Morgan fingerprint density at radius 1 is 1.22 bits per heavy atom. The molecule has 1 aromatic carbocycles. The molecule has 1 aliphatic rings. The predicted molar refractivity (Wildman–Crippen MR) is 109 cm³/mol. The van der Waals surface area contributed by atoms with Crippen LogP contribution >= 0.6 is 11.3 Å². The zero-order valence-corrected chi connectivity index (χ0v) is 15.6. The van der Waals surface area contributed by atoms with Crippen molar-refractivity contribution in [2.75, 3.05) is 18.4 Å². The molecule has 134 valence electrons. The van der Waals surface area contributed by atoms with Gasteiger partial charge in [0.1, 0.15) is 18.2 Å². The van der Waals surface area contributed by atoms with E-state index in [0.717, 1.165) is 52.3 Å². The van der Waals surface area contributed by atoms with Crippen LogP contribution in [0.25, 0.3) is 21.0 Å². The van der Waals surface area contributed by atoms with Crippen molar-refractivity contribution >= 4 is 43.9 Å². The van der Waals surface area contributed by atoms with E-state index in [9.17, 15) is 0 Å². The summed E-state index contributed by atoms with van der Waals surface area (Å²) in [5.41, 5.74) is 2.87. The largest absolute Gasteiger partial charge is 0.368 e. The van der Waals surface area contributed by atoms with Gasteiger partial charge in [0, 0.05) is 46.5 Å². The van der Waals surface area contributed by atoms with Crippen molar-refractivity contribution in [1.82, 2.24) is 14.5 Å². The predicted octanol–water partition coefficient (Wildman–Crippen LogP) is 4.24. The van der Waals surface area contributed by atoms with Gasteiger partial charge >= 0.3 is 0 Å². The number of benzene rings is 1. The lowest BCUT2D eigenvalue weighted by Gasteiger charge is -2.11.